The van der Waals surface area contributed by atoms with Crippen LogP contribution in [0.1, 0.15) is 60.9 Å². The molecule has 0 fully saturated rings. The minimum Gasteiger partial charge on any atom is -0.469 e. The third-order valence-corrected chi connectivity index (χ3v) is 7.93. The number of halogens is 1. The van der Waals surface area contributed by atoms with E-state index in [0.717, 1.165) is 10.5 Å². The summed E-state index contributed by atoms with van der Waals surface area (Å²) in [6.45, 7) is 3.79. The number of esters is 1. The molecule has 1 heterocycles. The van der Waals surface area contributed by atoms with Gasteiger partial charge in [-0.2, -0.15) is 0 Å². The fourth-order valence-corrected chi connectivity index (χ4v) is 5.79. The van der Waals surface area contributed by atoms with Gasteiger partial charge in [0, 0.05) is 22.9 Å². The van der Waals surface area contributed by atoms with E-state index in [0.29, 0.717) is 27.9 Å². The van der Waals surface area contributed by atoms with E-state index in [9.17, 15) is 29.0 Å². The summed E-state index contributed by atoms with van der Waals surface area (Å²) < 4.78 is 25.8. The Morgan fingerprint density at radius 3 is 1.98 bits per heavy atom. The minimum absolute atomic E-state index is 0.0398. The fourth-order valence-electron chi connectivity index (χ4n) is 5.79. The van der Waals surface area contributed by atoms with E-state index in [2.05, 4.69) is 4.74 Å². The first-order valence-corrected chi connectivity index (χ1v) is 15.5. The molecule has 0 bridgehead atoms. The molecule has 248 valence electrons. The van der Waals surface area contributed by atoms with E-state index in [4.69, 9.17) is 4.74 Å². The molecule has 0 radical (unpaired) electrons. The Balaban J connectivity index is 1.93. The summed E-state index contributed by atoms with van der Waals surface area (Å²) in [5, 5.41) is 21.3. The Kier molecular flexibility index (Phi) is 12.1. The molecule has 0 saturated carbocycles. The standard InChI is InChI=1S/C37H41FN2O7/c1-24(2)40-31(20-19-29(41)21-30(42)22-32(43)46-3)33(27-15-17-28(38)18-16-27)34(26-13-9-6-10-14-26)35(40)36(44)39(37(45)47-4)23-25-11-7-5-8-12-25/h5-18,24,29-30,41-42H,19-23H2,1-4H3. The molecular formula is C37H41FN2O7. The van der Waals surface area contributed by atoms with Crippen molar-refractivity contribution in [2.75, 3.05) is 14.2 Å². The second-order valence-corrected chi connectivity index (χ2v) is 11.6. The van der Waals surface area contributed by atoms with Crippen molar-refractivity contribution in [2.45, 2.75) is 64.3 Å². The van der Waals surface area contributed by atoms with Crippen LogP contribution in [0, 0.1) is 5.82 Å². The molecule has 2 atom stereocenters. The molecule has 0 aliphatic heterocycles. The van der Waals surface area contributed by atoms with Crippen molar-refractivity contribution in [3.63, 3.8) is 0 Å². The number of rotatable bonds is 13. The van der Waals surface area contributed by atoms with Gasteiger partial charge in [0.25, 0.3) is 5.91 Å². The monoisotopic (exact) mass is 644 g/mol. The van der Waals surface area contributed by atoms with Crippen molar-refractivity contribution in [2.24, 2.45) is 0 Å². The van der Waals surface area contributed by atoms with Crippen LogP contribution in [0.5, 0.6) is 0 Å². The second-order valence-electron chi connectivity index (χ2n) is 11.6. The molecule has 1 aromatic heterocycles. The number of methoxy groups -OCH3 is 2. The van der Waals surface area contributed by atoms with Gasteiger partial charge in [0.2, 0.25) is 0 Å². The number of nitrogens with zero attached hydrogens (tertiary/aromatic N) is 2. The summed E-state index contributed by atoms with van der Waals surface area (Å²) in [6, 6.07) is 24.1. The average Bonchev–Trinajstić information content (AvgIpc) is 3.42. The quantitative estimate of drug-likeness (QED) is 0.158. The molecule has 4 aromatic rings. The van der Waals surface area contributed by atoms with Crippen LogP contribution in [0.4, 0.5) is 9.18 Å². The van der Waals surface area contributed by atoms with Crippen molar-refractivity contribution in [1.82, 2.24) is 9.47 Å². The van der Waals surface area contributed by atoms with E-state index in [1.807, 2.05) is 79.1 Å². The zero-order valence-corrected chi connectivity index (χ0v) is 27.1. The SMILES string of the molecule is COC(=O)CC(O)CC(O)CCc1c(-c2ccc(F)cc2)c(-c2ccccc2)c(C(=O)N(Cc2ccccc2)C(=O)OC)n1C(C)C. The Bertz CT molecular complexity index is 1650. The lowest BCUT2D eigenvalue weighted by atomic mass is 9.92. The number of imide groups is 1. The van der Waals surface area contributed by atoms with Gasteiger partial charge in [-0.15, -0.1) is 0 Å². The van der Waals surface area contributed by atoms with E-state index >= 15 is 0 Å². The molecule has 2 amide bonds. The zero-order chi connectivity index (χ0) is 34.1. The van der Waals surface area contributed by atoms with Crippen LogP contribution in [0.25, 0.3) is 22.3 Å². The molecule has 10 heteroatoms. The third-order valence-electron chi connectivity index (χ3n) is 7.93. The molecule has 3 aromatic carbocycles. The van der Waals surface area contributed by atoms with Crippen LogP contribution in [0.3, 0.4) is 0 Å². The van der Waals surface area contributed by atoms with Crippen molar-refractivity contribution in [3.05, 3.63) is 108 Å². The molecule has 4 rings (SSSR count). The molecule has 0 saturated heterocycles. The van der Waals surface area contributed by atoms with Gasteiger partial charge in [-0.25, -0.2) is 14.1 Å². The molecular weight excluding hydrogens is 603 g/mol. The number of ether oxygens (including phenoxy) is 2. The number of hydrogen-bond acceptors (Lipinski definition) is 7. The van der Waals surface area contributed by atoms with Crippen LogP contribution in [0.15, 0.2) is 84.9 Å². The molecule has 9 nitrogen and oxygen atoms in total. The highest BCUT2D eigenvalue weighted by Crippen LogP contribution is 2.43. The Morgan fingerprint density at radius 2 is 1.40 bits per heavy atom. The van der Waals surface area contributed by atoms with Crippen molar-refractivity contribution >= 4 is 18.0 Å². The van der Waals surface area contributed by atoms with Crippen LogP contribution >= 0.6 is 0 Å². The number of amides is 2. The molecule has 0 aliphatic rings. The smallest absolute Gasteiger partial charge is 0.416 e. The third kappa shape index (κ3) is 8.52. The van der Waals surface area contributed by atoms with E-state index in [1.165, 1.54) is 26.4 Å². The maximum absolute atomic E-state index is 14.8. The fraction of sp³-hybridized carbons (Fsp3) is 0.324. The Hall–Kier alpha value is -4.80. The lowest BCUT2D eigenvalue weighted by Gasteiger charge is -2.24. The Morgan fingerprint density at radius 1 is 0.809 bits per heavy atom. The normalized spacial score (nSPS) is 12.4. The zero-order valence-electron chi connectivity index (χ0n) is 27.1. The van der Waals surface area contributed by atoms with Gasteiger partial charge in [-0.05, 0) is 61.9 Å². The van der Waals surface area contributed by atoms with E-state index < -0.39 is 36.0 Å². The average molecular weight is 645 g/mol. The summed E-state index contributed by atoms with van der Waals surface area (Å²) in [6.07, 6.45) is -2.80. The van der Waals surface area contributed by atoms with Gasteiger partial charge in [-0.1, -0.05) is 72.8 Å². The minimum atomic E-state index is -1.10. The van der Waals surface area contributed by atoms with Crippen LogP contribution in [0.2, 0.25) is 0 Å². The Labute approximate surface area is 274 Å². The van der Waals surface area contributed by atoms with Crippen molar-refractivity contribution in [3.8, 4) is 22.3 Å². The molecule has 47 heavy (non-hydrogen) atoms. The number of aliphatic hydroxyl groups excluding tert-OH is 2. The van der Waals surface area contributed by atoms with Gasteiger partial charge in [0.05, 0.1) is 39.4 Å². The second kappa shape index (κ2) is 16.2. The highest BCUT2D eigenvalue weighted by Gasteiger charge is 2.35. The predicted octanol–water partition coefficient (Wildman–Crippen LogP) is 6.56. The molecule has 2 N–H and O–H groups in total. The maximum Gasteiger partial charge on any atom is 0.416 e. The summed E-state index contributed by atoms with van der Waals surface area (Å²) in [5.41, 5.74) is 4.19. The molecule has 2 unspecified atom stereocenters. The number of aromatic nitrogens is 1. The largest absolute Gasteiger partial charge is 0.469 e. The topological polar surface area (TPSA) is 118 Å². The first-order chi connectivity index (χ1) is 22.5. The van der Waals surface area contributed by atoms with Gasteiger partial charge in [0.15, 0.2) is 0 Å². The number of carbonyl (C=O) groups excluding carboxylic acids is 3. The first-order valence-electron chi connectivity index (χ1n) is 15.5. The summed E-state index contributed by atoms with van der Waals surface area (Å²) in [7, 11) is 2.45. The van der Waals surface area contributed by atoms with Crippen molar-refractivity contribution in [1.29, 1.82) is 0 Å². The van der Waals surface area contributed by atoms with Gasteiger partial charge in [-0.3, -0.25) is 9.59 Å². The summed E-state index contributed by atoms with van der Waals surface area (Å²) >= 11 is 0. The number of aliphatic hydroxyl groups is 2. The maximum atomic E-state index is 14.8. The van der Waals surface area contributed by atoms with Gasteiger partial charge < -0.3 is 24.3 Å². The summed E-state index contributed by atoms with van der Waals surface area (Å²) in [5.74, 6) is -1.60. The predicted molar refractivity (Wildman–Crippen MR) is 176 cm³/mol. The van der Waals surface area contributed by atoms with Gasteiger partial charge in [0.1, 0.15) is 11.5 Å². The van der Waals surface area contributed by atoms with Gasteiger partial charge >= 0.3 is 12.1 Å². The van der Waals surface area contributed by atoms with E-state index in [1.54, 1.807) is 12.1 Å². The first kappa shape index (κ1) is 35.1. The van der Waals surface area contributed by atoms with Crippen LogP contribution < -0.4 is 0 Å². The highest BCUT2D eigenvalue weighted by atomic mass is 19.1. The number of hydrogen-bond donors (Lipinski definition) is 2. The molecule has 0 aliphatic carbocycles. The number of carbonyl (C=O) groups is 3. The lowest BCUT2D eigenvalue weighted by molar-refractivity contribution is -0.143. The highest BCUT2D eigenvalue weighted by molar-refractivity contribution is 6.09. The molecule has 0 spiro atoms. The van der Waals surface area contributed by atoms with Crippen LogP contribution in [-0.4, -0.2) is 64.1 Å². The van der Waals surface area contributed by atoms with Crippen molar-refractivity contribution < 1.29 is 38.5 Å². The number of benzene rings is 3. The van der Waals surface area contributed by atoms with E-state index in [-0.39, 0.29) is 44.0 Å². The summed E-state index contributed by atoms with van der Waals surface area (Å²) in [4.78, 5) is 40.7. The lowest BCUT2D eigenvalue weighted by Crippen LogP contribution is -2.38. The van der Waals surface area contributed by atoms with Crippen LogP contribution in [-0.2, 0) is 27.2 Å².